The molecule has 1 amide bonds. The first-order chi connectivity index (χ1) is 12.3. The highest BCUT2D eigenvalue weighted by Crippen LogP contribution is 2.20. The van der Waals surface area contributed by atoms with Gasteiger partial charge in [0.25, 0.3) is 0 Å². The van der Waals surface area contributed by atoms with Gasteiger partial charge < -0.3 is 15.4 Å². The Balaban J connectivity index is 1.46. The summed E-state index contributed by atoms with van der Waals surface area (Å²) in [6.45, 7) is 2.55. The van der Waals surface area contributed by atoms with Crippen LogP contribution in [-0.4, -0.2) is 24.0 Å². The third kappa shape index (κ3) is 5.87. The second-order valence-electron chi connectivity index (χ2n) is 6.42. The molecule has 1 aliphatic rings. The Hall–Kier alpha value is -2.40. The zero-order valence-corrected chi connectivity index (χ0v) is 14.4. The van der Waals surface area contributed by atoms with Crippen LogP contribution in [0.3, 0.4) is 0 Å². The highest BCUT2D eigenvalue weighted by molar-refractivity contribution is 5.90. The number of hydrogen-bond donors (Lipinski definition) is 2. The Bertz CT molecular complexity index is 670. The molecule has 2 aromatic rings. The third-order valence-corrected chi connectivity index (χ3v) is 4.47. The first kappa shape index (κ1) is 17.4. The highest BCUT2D eigenvalue weighted by atomic mass is 16.5. The number of rotatable bonds is 7. The van der Waals surface area contributed by atoms with Gasteiger partial charge in [-0.3, -0.25) is 9.78 Å². The van der Waals surface area contributed by atoms with E-state index in [2.05, 4.69) is 15.6 Å². The Labute approximate surface area is 148 Å². The summed E-state index contributed by atoms with van der Waals surface area (Å²) in [7, 11) is 0. The molecule has 25 heavy (non-hydrogen) atoms. The van der Waals surface area contributed by atoms with Crippen LogP contribution in [0.2, 0.25) is 0 Å². The zero-order chi connectivity index (χ0) is 17.3. The van der Waals surface area contributed by atoms with Crippen molar-refractivity contribution in [3.05, 3.63) is 54.4 Å². The molecule has 0 saturated carbocycles. The van der Waals surface area contributed by atoms with Gasteiger partial charge in [0.05, 0.1) is 5.69 Å². The smallest absolute Gasteiger partial charge is 0.224 e. The van der Waals surface area contributed by atoms with Crippen LogP contribution in [0.5, 0.6) is 5.75 Å². The summed E-state index contributed by atoms with van der Waals surface area (Å²) < 4.78 is 5.75. The minimum Gasteiger partial charge on any atom is -0.487 e. The maximum absolute atomic E-state index is 12.2. The summed E-state index contributed by atoms with van der Waals surface area (Å²) in [4.78, 5) is 16.4. The molecule has 0 radical (unpaired) electrons. The minimum absolute atomic E-state index is 0.0698. The van der Waals surface area contributed by atoms with E-state index in [0.29, 0.717) is 18.9 Å². The van der Waals surface area contributed by atoms with Crippen LogP contribution in [0.25, 0.3) is 0 Å². The topological polar surface area (TPSA) is 63.2 Å². The largest absolute Gasteiger partial charge is 0.487 e. The fraction of sp³-hybridized carbons (Fsp3) is 0.400. The van der Waals surface area contributed by atoms with E-state index >= 15 is 0 Å². The summed E-state index contributed by atoms with van der Waals surface area (Å²) in [6, 6.07) is 13.2. The molecule has 5 heteroatoms. The van der Waals surface area contributed by atoms with Crippen LogP contribution < -0.4 is 15.4 Å². The van der Waals surface area contributed by atoms with E-state index in [1.54, 1.807) is 6.20 Å². The Morgan fingerprint density at radius 3 is 2.88 bits per heavy atom. The molecule has 1 aliphatic heterocycles. The average molecular weight is 339 g/mol. The van der Waals surface area contributed by atoms with Crippen molar-refractivity contribution in [1.82, 2.24) is 10.3 Å². The van der Waals surface area contributed by atoms with Gasteiger partial charge in [0.15, 0.2) is 0 Å². The van der Waals surface area contributed by atoms with Gasteiger partial charge in [0.1, 0.15) is 12.4 Å². The fourth-order valence-corrected chi connectivity index (χ4v) is 3.03. The van der Waals surface area contributed by atoms with Crippen molar-refractivity contribution in [2.75, 3.05) is 18.4 Å². The molecular weight excluding hydrogens is 314 g/mol. The van der Waals surface area contributed by atoms with Gasteiger partial charge in [-0.2, -0.15) is 0 Å². The Kier molecular flexibility index (Phi) is 6.40. The Morgan fingerprint density at radius 2 is 2.08 bits per heavy atom. The molecule has 5 nitrogen and oxygen atoms in total. The van der Waals surface area contributed by atoms with E-state index in [1.807, 2.05) is 42.5 Å². The standard InChI is InChI=1S/C20H25N3O2/c24-20(8-7-16-9-12-21-13-10-16)23-17-5-3-6-19(14-17)25-15-18-4-1-2-11-22-18/h1-6,11,14,16,21H,7-10,12-13,15H2,(H,23,24). The average Bonchev–Trinajstić information content (AvgIpc) is 2.67. The molecule has 1 aromatic heterocycles. The number of aromatic nitrogens is 1. The van der Waals surface area contributed by atoms with Crippen LogP contribution in [-0.2, 0) is 11.4 Å². The van der Waals surface area contributed by atoms with Crippen LogP contribution in [0.15, 0.2) is 48.7 Å². The monoisotopic (exact) mass is 339 g/mol. The van der Waals surface area contributed by atoms with Gasteiger partial charge in [-0.15, -0.1) is 0 Å². The van der Waals surface area contributed by atoms with Crippen molar-refractivity contribution < 1.29 is 9.53 Å². The van der Waals surface area contributed by atoms with Gasteiger partial charge in [0, 0.05) is 24.4 Å². The van der Waals surface area contributed by atoms with E-state index in [0.717, 1.165) is 36.6 Å². The second kappa shape index (κ2) is 9.18. The normalized spacial score (nSPS) is 14.9. The van der Waals surface area contributed by atoms with Crippen LogP contribution >= 0.6 is 0 Å². The summed E-state index contributed by atoms with van der Waals surface area (Å²) in [5.74, 6) is 1.46. The summed E-state index contributed by atoms with van der Waals surface area (Å²) in [6.07, 6.45) is 5.62. The number of pyridine rings is 1. The third-order valence-electron chi connectivity index (χ3n) is 4.47. The molecule has 0 atom stereocenters. The quantitative estimate of drug-likeness (QED) is 0.812. The van der Waals surface area contributed by atoms with Gasteiger partial charge in [0.2, 0.25) is 5.91 Å². The zero-order valence-electron chi connectivity index (χ0n) is 14.4. The molecule has 2 heterocycles. The first-order valence-corrected chi connectivity index (χ1v) is 8.93. The van der Waals surface area contributed by atoms with E-state index in [4.69, 9.17) is 4.74 Å². The summed E-state index contributed by atoms with van der Waals surface area (Å²) in [5, 5.41) is 6.32. The molecule has 2 N–H and O–H groups in total. The number of hydrogen-bond acceptors (Lipinski definition) is 4. The van der Waals surface area contributed by atoms with Crippen molar-refractivity contribution >= 4 is 11.6 Å². The molecule has 1 aromatic carbocycles. The van der Waals surface area contributed by atoms with Gasteiger partial charge in [-0.05, 0) is 62.5 Å². The van der Waals surface area contributed by atoms with Gasteiger partial charge >= 0.3 is 0 Å². The number of nitrogens with zero attached hydrogens (tertiary/aromatic N) is 1. The molecule has 0 spiro atoms. The lowest BCUT2D eigenvalue weighted by Crippen LogP contribution is -2.28. The van der Waals surface area contributed by atoms with E-state index in [9.17, 15) is 4.79 Å². The van der Waals surface area contributed by atoms with Crippen LogP contribution in [0.4, 0.5) is 5.69 Å². The number of piperidine rings is 1. The SMILES string of the molecule is O=C(CCC1CCNCC1)Nc1cccc(OCc2ccccn2)c1. The summed E-state index contributed by atoms with van der Waals surface area (Å²) in [5.41, 5.74) is 1.65. The van der Waals surface area contributed by atoms with Crippen LogP contribution in [0.1, 0.15) is 31.4 Å². The number of nitrogens with one attached hydrogen (secondary N) is 2. The molecule has 1 fully saturated rings. The number of carbonyl (C=O) groups is 1. The second-order valence-corrected chi connectivity index (χ2v) is 6.42. The number of anilines is 1. The van der Waals surface area contributed by atoms with E-state index in [-0.39, 0.29) is 5.91 Å². The van der Waals surface area contributed by atoms with Gasteiger partial charge in [-0.25, -0.2) is 0 Å². The van der Waals surface area contributed by atoms with E-state index < -0.39 is 0 Å². The van der Waals surface area contributed by atoms with Gasteiger partial charge in [-0.1, -0.05) is 12.1 Å². The predicted molar refractivity (Wildman–Crippen MR) is 98.5 cm³/mol. The molecule has 0 aliphatic carbocycles. The van der Waals surface area contributed by atoms with Crippen molar-refractivity contribution in [2.45, 2.75) is 32.3 Å². The minimum atomic E-state index is 0.0698. The molecule has 0 unspecified atom stereocenters. The lowest BCUT2D eigenvalue weighted by atomic mass is 9.93. The number of ether oxygens (including phenoxy) is 1. The van der Waals surface area contributed by atoms with Crippen molar-refractivity contribution in [2.24, 2.45) is 5.92 Å². The lowest BCUT2D eigenvalue weighted by molar-refractivity contribution is -0.116. The lowest BCUT2D eigenvalue weighted by Gasteiger charge is -2.22. The maximum atomic E-state index is 12.2. The number of amides is 1. The van der Waals surface area contributed by atoms with Crippen molar-refractivity contribution in [1.29, 1.82) is 0 Å². The van der Waals surface area contributed by atoms with Crippen molar-refractivity contribution in [3.63, 3.8) is 0 Å². The Morgan fingerprint density at radius 1 is 1.20 bits per heavy atom. The number of carbonyl (C=O) groups excluding carboxylic acids is 1. The summed E-state index contributed by atoms with van der Waals surface area (Å²) >= 11 is 0. The first-order valence-electron chi connectivity index (χ1n) is 8.93. The fourth-order valence-electron chi connectivity index (χ4n) is 3.03. The molecule has 0 bridgehead atoms. The molecule has 3 rings (SSSR count). The predicted octanol–water partition coefficient (Wildman–Crippen LogP) is 3.38. The van der Waals surface area contributed by atoms with Crippen LogP contribution in [0, 0.1) is 5.92 Å². The molecule has 1 saturated heterocycles. The molecule has 132 valence electrons. The maximum Gasteiger partial charge on any atom is 0.224 e. The van der Waals surface area contributed by atoms with Crippen molar-refractivity contribution in [3.8, 4) is 5.75 Å². The van der Waals surface area contributed by atoms with E-state index in [1.165, 1.54) is 12.8 Å². The highest BCUT2D eigenvalue weighted by Gasteiger charge is 2.14. The molecular formula is C20H25N3O2. The number of benzene rings is 1.